The highest BCUT2D eigenvalue weighted by molar-refractivity contribution is 5.99. The van der Waals surface area contributed by atoms with Crippen molar-refractivity contribution < 1.29 is 43.0 Å². The van der Waals surface area contributed by atoms with Gasteiger partial charge in [-0.2, -0.15) is 0 Å². The molecule has 3 fully saturated rings. The van der Waals surface area contributed by atoms with Gasteiger partial charge in [0.15, 0.2) is 0 Å². The molecule has 1 unspecified atom stereocenters. The quantitative estimate of drug-likeness (QED) is 0.0633. The molecule has 0 aliphatic carbocycles. The summed E-state index contributed by atoms with van der Waals surface area (Å²) in [7, 11) is 0. The van der Waals surface area contributed by atoms with Crippen molar-refractivity contribution in [3.63, 3.8) is 0 Å². The fourth-order valence-electron chi connectivity index (χ4n) is 10.9. The number of benzene rings is 5. The van der Waals surface area contributed by atoms with Crippen LogP contribution in [0.4, 0.5) is 4.79 Å². The molecule has 5 aromatic carbocycles. The maximum absolute atomic E-state index is 15.4. The number of aryl methyl sites for hydroxylation is 1. The molecule has 3 aliphatic heterocycles. The van der Waals surface area contributed by atoms with Crippen molar-refractivity contribution in [3.05, 3.63) is 174 Å². The lowest BCUT2D eigenvalue weighted by atomic mass is 9.90. The number of hydrogen-bond acceptors (Lipinski definition) is 11. The number of amides is 7. The van der Waals surface area contributed by atoms with E-state index >= 15 is 28.8 Å². The van der Waals surface area contributed by atoms with Gasteiger partial charge in [-0.05, 0) is 97.1 Å². The molecule has 19 nitrogen and oxygen atoms in total. The Labute approximate surface area is 471 Å². The molecule has 9 rings (SSSR count). The molecule has 81 heavy (non-hydrogen) atoms. The second-order valence-corrected chi connectivity index (χ2v) is 21.1. The van der Waals surface area contributed by atoms with Crippen molar-refractivity contribution in [2.45, 2.75) is 107 Å². The van der Waals surface area contributed by atoms with Crippen LogP contribution in [-0.4, -0.2) is 126 Å². The highest BCUT2D eigenvalue weighted by atomic mass is 16.6. The number of aromatic nitrogens is 1. The smallest absolute Gasteiger partial charge is 0.407 e. The topological polar surface area (TPSA) is 267 Å². The van der Waals surface area contributed by atoms with Crippen molar-refractivity contribution in [2.24, 2.45) is 11.7 Å². The van der Waals surface area contributed by atoms with Crippen molar-refractivity contribution >= 4 is 52.4 Å². The van der Waals surface area contributed by atoms with E-state index in [1.165, 1.54) is 4.90 Å². The maximum atomic E-state index is 15.4. The summed E-state index contributed by atoms with van der Waals surface area (Å²) in [5, 5.41) is 21.7. The first-order valence-electron chi connectivity index (χ1n) is 28.0. The van der Waals surface area contributed by atoms with E-state index < -0.39 is 83.9 Å². The van der Waals surface area contributed by atoms with Gasteiger partial charge in [0.1, 0.15) is 54.7 Å². The standard InChI is InChI=1S/C62H72N10O9/c63-28-31-65-62(79)81-47-36-55-60(77)67-50(25-22-40-12-4-1-5-13-40)56(73)70-53(35-45-37-66-49-19-11-10-18-48(45)49)59(76)69-52(33-43-26-29-64-30-27-43)57(74)68-51(32-42-20-23-46(24-21-42)80-39-44-16-8-3-9-17-44)58(75)71-54(61(78)72(55)38-47)34-41-14-6-2-7-15-41/h1-21,23-24,37,43,47,50-55,64,66H,22,25-36,38-39,63H2,(H,65,79)(H,67,77)(H,68,74)(H,69,76)(H,70,73)(H,71,75)/t47-,50+,51+,52?,53+,54+,55+/m1/s1. The van der Waals surface area contributed by atoms with Crippen LogP contribution in [0, 0.1) is 5.92 Å². The Morgan fingerprint density at radius 3 is 1.84 bits per heavy atom. The van der Waals surface area contributed by atoms with Crippen molar-refractivity contribution in [1.82, 2.24) is 47.1 Å². The zero-order valence-electron chi connectivity index (χ0n) is 45.3. The number of alkyl carbamates (subject to hydrolysis) is 1. The molecular weight excluding hydrogens is 1030 g/mol. The number of aromatic amines is 1. The van der Waals surface area contributed by atoms with Gasteiger partial charge in [0.2, 0.25) is 35.4 Å². The van der Waals surface area contributed by atoms with Gasteiger partial charge in [-0.1, -0.05) is 121 Å². The Morgan fingerprint density at radius 2 is 1.15 bits per heavy atom. The molecule has 6 aromatic rings. The van der Waals surface area contributed by atoms with Crippen LogP contribution in [0.5, 0.6) is 5.75 Å². The Balaban J connectivity index is 1.10. The average molecular weight is 1100 g/mol. The van der Waals surface area contributed by atoms with Gasteiger partial charge in [0.25, 0.3) is 0 Å². The number of rotatable bonds is 17. The highest BCUT2D eigenvalue weighted by Gasteiger charge is 2.45. The number of nitrogens with two attached hydrogens (primary N) is 1. The monoisotopic (exact) mass is 1100 g/mol. The molecule has 7 atom stereocenters. The third-order valence-electron chi connectivity index (χ3n) is 15.3. The molecule has 4 heterocycles. The number of carbonyl (C=O) groups is 7. The number of carbonyl (C=O) groups excluding carboxylic acids is 7. The van der Waals surface area contributed by atoms with Gasteiger partial charge >= 0.3 is 6.09 Å². The van der Waals surface area contributed by atoms with E-state index in [0.29, 0.717) is 43.0 Å². The molecule has 3 saturated heterocycles. The number of nitrogens with one attached hydrogen (secondary N) is 8. The third-order valence-corrected chi connectivity index (χ3v) is 15.3. The first kappa shape index (κ1) is 57.1. The van der Waals surface area contributed by atoms with Crippen LogP contribution in [0.15, 0.2) is 146 Å². The van der Waals surface area contributed by atoms with E-state index in [-0.39, 0.29) is 64.1 Å². The summed E-state index contributed by atoms with van der Waals surface area (Å²) in [5.41, 5.74) is 10.4. The first-order valence-corrected chi connectivity index (χ1v) is 28.0. The van der Waals surface area contributed by atoms with E-state index in [4.69, 9.17) is 15.2 Å². The Hall–Kier alpha value is -8.55. The third kappa shape index (κ3) is 15.9. The number of H-pyrrole nitrogens is 1. The Morgan fingerprint density at radius 1 is 0.593 bits per heavy atom. The van der Waals surface area contributed by atoms with E-state index in [1.807, 2.05) is 103 Å². The van der Waals surface area contributed by atoms with Crippen LogP contribution in [0.3, 0.4) is 0 Å². The summed E-state index contributed by atoms with van der Waals surface area (Å²) >= 11 is 0. The predicted molar refractivity (Wildman–Crippen MR) is 305 cm³/mol. The van der Waals surface area contributed by atoms with E-state index in [9.17, 15) is 4.79 Å². The molecule has 0 bridgehead atoms. The van der Waals surface area contributed by atoms with Crippen LogP contribution >= 0.6 is 0 Å². The van der Waals surface area contributed by atoms with Gasteiger partial charge in [0, 0.05) is 55.9 Å². The van der Waals surface area contributed by atoms with Crippen molar-refractivity contribution in [1.29, 1.82) is 0 Å². The minimum Gasteiger partial charge on any atom is -0.489 e. The Bertz CT molecular complexity index is 3080. The van der Waals surface area contributed by atoms with Crippen LogP contribution in [0.25, 0.3) is 10.9 Å². The van der Waals surface area contributed by atoms with Gasteiger partial charge in [0.05, 0.1) is 6.54 Å². The zero-order chi connectivity index (χ0) is 56.5. The predicted octanol–water partition coefficient (Wildman–Crippen LogP) is 3.89. The molecule has 0 saturated carbocycles. The lowest BCUT2D eigenvalue weighted by molar-refractivity contribution is -0.143. The van der Waals surface area contributed by atoms with Gasteiger partial charge in [-0.25, -0.2) is 4.79 Å². The lowest BCUT2D eigenvalue weighted by Gasteiger charge is -2.32. The molecule has 19 heteroatoms. The normalized spacial score (nSPS) is 22.5. The van der Waals surface area contributed by atoms with Crippen LogP contribution in [-0.2, 0) is 65.8 Å². The fraction of sp³-hybridized carbons (Fsp3) is 0.371. The van der Waals surface area contributed by atoms with Gasteiger partial charge < -0.3 is 62.3 Å². The molecular formula is C62H72N10O9. The molecule has 0 radical (unpaired) electrons. The summed E-state index contributed by atoms with van der Waals surface area (Å²) in [6.45, 7) is 1.77. The molecule has 3 aliphatic rings. The number of fused-ring (bicyclic) bond motifs is 2. The maximum Gasteiger partial charge on any atom is 0.407 e. The molecule has 1 aromatic heterocycles. The average Bonchev–Trinajstić information content (AvgIpc) is 4.11. The van der Waals surface area contributed by atoms with E-state index in [2.05, 4.69) is 42.2 Å². The second kappa shape index (κ2) is 28.0. The van der Waals surface area contributed by atoms with Crippen molar-refractivity contribution in [3.8, 4) is 5.75 Å². The van der Waals surface area contributed by atoms with E-state index in [0.717, 1.165) is 40.4 Å². The van der Waals surface area contributed by atoms with Crippen LogP contribution in [0.2, 0.25) is 0 Å². The number of piperidine rings is 1. The number of ether oxygens (including phenoxy) is 2. The molecule has 0 spiro atoms. The molecule has 10 N–H and O–H groups in total. The van der Waals surface area contributed by atoms with E-state index in [1.54, 1.807) is 42.6 Å². The van der Waals surface area contributed by atoms with Gasteiger partial charge in [-0.3, -0.25) is 28.8 Å². The first-order chi connectivity index (χ1) is 39.5. The SMILES string of the molecule is NCCNC(=O)O[C@@H]1C[C@H]2C(=O)N[C@@H](CCc3ccccc3)C(=O)N[C@@H](Cc3c[nH]c4ccccc34)C(=O)NC(CC3CCNCC3)C(=O)N[C@@H](Cc3ccc(OCc4ccccc4)cc3)C(=O)N[C@@H](Cc3ccccc3)C(=O)N2C1. The van der Waals surface area contributed by atoms with Gasteiger partial charge in [-0.15, -0.1) is 0 Å². The largest absolute Gasteiger partial charge is 0.489 e. The number of hydrogen-bond donors (Lipinski definition) is 9. The number of para-hydroxylation sites is 1. The Kier molecular flexibility index (Phi) is 19.8. The second-order valence-electron chi connectivity index (χ2n) is 21.1. The molecule has 424 valence electrons. The summed E-state index contributed by atoms with van der Waals surface area (Å²) in [4.78, 5) is 109. The minimum absolute atomic E-state index is 0.00232. The minimum atomic E-state index is -1.32. The van der Waals surface area contributed by atoms with Crippen molar-refractivity contribution in [2.75, 3.05) is 32.7 Å². The fourth-order valence-corrected chi connectivity index (χ4v) is 10.9. The van der Waals surface area contributed by atoms with Crippen LogP contribution < -0.4 is 47.7 Å². The summed E-state index contributed by atoms with van der Waals surface area (Å²) < 4.78 is 11.9. The highest BCUT2D eigenvalue weighted by Crippen LogP contribution is 2.26. The summed E-state index contributed by atoms with van der Waals surface area (Å²) in [6.07, 6.45) is 1.88. The number of nitrogens with zero attached hydrogens (tertiary/aromatic N) is 1. The summed E-state index contributed by atoms with van der Waals surface area (Å²) in [5.74, 6) is -3.42. The van der Waals surface area contributed by atoms with Crippen LogP contribution in [0.1, 0.15) is 59.9 Å². The molecule has 7 amide bonds. The zero-order valence-corrected chi connectivity index (χ0v) is 45.3. The summed E-state index contributed by atoms with van der Waals surface area (Å²) in [6, 6.07) is 35.3. The lowest BCUT2D eigenvalue weighted by Crippen LogP contribution is -2.62.